The van der Waals surface area contributed by atoms with Gasteiger partial charge in [-0.3, -0.25) is 9.69 Å². The molecule has 1 unspecified atom stereocenters. The van der Waals surface area contributed by atoms with E-state index in [4.69, 9.17) is 0 Å². The molecule has 0 saturated carbocycles. The second kappa shape index (κ2) is 8.02. The highest BCUT2D eigenvalue weighted by Gasteiger charge is 2.20. The second-order valence-corrected chi connectivity index (χ2v) is 5.51. The molecule has 1 saturated heterocycles. The Kier molecular flexibility index (Phi) is 6.02. The van der Waals surface area contributed by atoms with Crippen molar-refractivity contribution in [3.63, 3.8) is 0 Å². The highest BCUT2D eigenvalue weighted by atomic mass is 16.3. The lowest BCUT2D eigenvalue weighted by atomic mass is 9.99. The number of amides is 1. The Balaban J connectivity index is 1.65. The summed E-state index contributed by atoms with van der Waals surface area (Å²) in [6, 6.07) is 10.2. The molecule has 4 heteroatoms. The summed E-state index contributed by atoms with van der Waals surface area (Å²) in [5.41, 5.74) is 1.24. The van der Waals surface area contributed by atoms with E-state index in [0.717, 1.165) is 32.4 Å². The van der Waals surface area contributed by atoms with E-state index < -0.39 is 0 Å². The quantitative estimate of drug-likeness (QED) is 0.816. The molecule has 1 heterocycles. The lowest BCUT2D eigenvalue weighted by Crippen LogP contribution is -2.43. The summed E-state index contributed by atoms with van der Waals surface area (Å²) in [4.78, 5) is 14.0. The number of hydrogen-bond donors (Lipinski definition) is 2. The van der Waals surface area contributed by atoms with Crippen LogP contribution in [0.15, 0.2) is 30.3 Å². The molecule has 1 aromatic carbocycles. The largest absolute Gasteiger partial charge is 0.396 e. The van der Waals surface area contributed by atoms with Gasteiger partial charge in [-0.15, -0.1) is 0 Å². The Morgan fingerprint density at radius 1 is 1.35 bits per heavy atom. The van der Waals surface area contributed by atoms with Gasteiger partial charge in [-0.1, -0.05) is 30.3 Å². The number of nitrogens with one attached hydrogen (secondary N) is 1. The van der Waals surface area contributed by atoms with Crippen LogP contribution in [0.4, 0.5) is 0 Å². The maximum atomic E-state index is 11.9. The van der Waals surface area contributed by atoms with Crippen LogP contribution in [0.2, 0.25) is 0 Å². The third-order valence-electron chi connectivity index (χ3n) is 3.81. The minimum absolute atomic E-state index is 0.0829. The molecule has 1 aliphatic rings. The van der Waals surface area contributed by atoms with Gasteiger partial charge in [0.15, 0.2) is 0 Å². The average Bonchev–Trinajstić information content (AvgIpc) is 2.48. The zero-order valence-electron chi connectivity index (χ0n) is 11.9. The fraction of sp³-hybridized carbons (Fsp3) is 0.562. The number of aliphatic hydroxyl groups excluding tert-OH is 1. The molecule has 0 radical (unpaired) electrons. The highest BCUT2D eigenvalue weighted by Crippen LogP contribution is 2.15. The van der Waals surface area contributed by atoms with Gasteiger partial charge in [-0.2, -0.15) is 0 Å². The topological polar surface area (TPSA) is 52.6 Å². The van der Waals surface area contributed by atoms with Crippen LogP contribution >= 0.6 is 0 Å². The van der Waals surface area contributed by atoms with Crippen molar-refractivity contribution >= 4 is 5.91 Å². The van der Waals surface area contributed by atoms with E-state index in [1.54, 1.807) is 0 Å². The van der Waals surface area contributed by atoms with Crippen LogP contribution < -0.4 is 5.32 Å². The van der Waals surface area contributed by atoms with Gasteiger partial charge in [-0.05, 0) is 37.3 Å². The van der Waals surface area contributed by atoms with Gasteiger partial charge < -0.3 is 10.4 Å². The third-order valence-corrected chi connectivity index (χ3v) is 3.81. The predicted octanol–water partition coefficient (Wildman–Crippen LogP) is 1.05. The van der Waals surface area contributed by atoms with Crippen molar-refractivity contribution < 1.29 is 9.90 Å². The summed E-state index contributed by atoms with van der Waals surface area (Å²) < 4.78 is 0. The van der Waals surface area contributed by atoms with E-state index in [0.29, 0.717) is 19.0 Å². The van der Waals surface area contributed by atoms with E-state index in [9.17, 15) is 9.90 Å². The molecule has 0 aromatic heterocycles. The number of aliphatic hydroxyl groups is 1. The lowest BCUT2D eigenvalue weighted by molar-refractivity contribution is -0.122. The number of carbonyl (C=O) groups excluding carboxylic acids is 1. The Morgan fingerprint density at radius 3 is 2.90 bits per heavy atom. The molecule has 1 aromatic rings. The zero-order chi connectivity index (χ0) is 14.2. The van der Waals surface area contributed by atoms with Crippen LogP contribution in [-0.2, 0) is 11.2 Å². The van der Waals surface area contributed by atoms with Crippen LogP contribution in [0.5, 0.6) is 0 Å². The summed E-state index contributed by atoms with van der Waals surface area (Å²) in [6.07, 6.45) is 3.01. The van der Waals surface area contributed by atoms with Crippen molar-refractivity contribution in [2.75, 3.05) is 32.8 Å². The van der Waals surface area contributed by atoms with Gasteiger partial charge in [0.2, 0.25) is 5.91 Å². The molecule has 0 aliphatic carbocycles. The van der Waals surface area contributed by atoms with E-state index >= 15 is 0 Å². The maximum absolute atomic E-state index is 11.9. The summed E-state index contributed by atoms with van der Waals surface area (Å²) in [5, 5.41) is 12.2. The summed E-state index contributed by atoms with van der Waals surface area (Å²) in [7, 11) is 0. The Morgan fingerprint density at radius 2 is 2.15 bits per heavy atom. The summed E-state index contributed by atoms with van der Waals surface area (Å²) >= 11 is 0. The first kappa shape index (κ1) is 15.0. The third kappa shape index (κ3) is 4.94. The monoisotopic (exact) mass is 276 g/mol. The van der Waals surface area contributed by atoms with Crippen molar-refractivity contribution in [3.05, 3.63) is 35.9 Å². The fourth-order valence-electron chi connectivity index (χ4n) is 2.69. The van der Waals surface area contributed by atoms with Gasteiger partial charge in [0.05, 0.1) is 6.54 Å². The van der Waals surface area contributed by atoms with Crippen LogP contribution in [0.25, 0.3) is 0 Å². The second-order valence-electron chi connectivity index (χ2n) is 5.51. The smallest absolute Gasteiger partial charge is 0.234 e. The fourth-order valence-corrected chi connectivity index (χ4v) is 2.69. The van der Waals surface area contributed by atoms with Gasteiger partial charge >= 0.3 is 0 Å². The molecule has 0 bridgehead atoms. The number of likely N-dealkylation sites (tertiary alicyclic amines) is 1. The number of nitrogens with zero attached hydrogens (tertiary/aromatic N) is 1. The molecule has 1 amide bonds. The Labute approximate surface area is 120 Å². The molecular weight excluding hydrogens is 252 g/mol. The number of benzene rings is 1. The van der Waals surface area contributed by atoms with Crippen molar-refractivity contribution in [2.24, 2.45) is 5.92 Å². The van der Waals surface area contributed by atoms with Crippen molar-refractivity contribution in [1.29, 1.82) is 0 Å². The standard InChI is InChI=1S/C16H24N2O2/c19-13-15-7-4-10-18(11-15)12-16(20)17-9-8-14-5-2-1-3-6-14/h1-3,5-6,15,19H,4,7-13H2,(H,17,20). The van der Waals surface area contributed by atoms with Crippen molar-refractivity contribution in [2.45, 2.75) is 19.3 Å². The minimum atomic E-state index is 0.0829. The molecule has 1 aliphatic heterocycles. The maximum Gasteiger partial charge on any atom is 0.234 e. The molecule has 4 nitrogen and oxygen atoms in total. The first-order valence-electron chi connectivity index (χ1n) is 7.42. The average molecular weight is 276 g/mol. The number of piperidine rings is 1. The first-order chi connectivity index (χ1) is 9.78. The van der Waals surface area contributed by atoms with Gasteiger partial charge in [-0.25, -0.2) is 0 Å². The molecule has 20 heavy (non-hydrogen) atoms. The molecule has 110 valence electrons. The number of hydrogen-bond acceptors (Lipinski definition) is 3. The minimum Gasteiger partial charge on any atom is -0.396 e. The van der Waals surface area contributed by atoms with Crippen molar-refractivity contribution in [1.82, 2.24) is 10.2 Å². The molecule has 0 spiro atoms. The lowest BCUT2D eigenvalue weighted by Gasteiger charge is -2.31. The van der Waals surface area contributed by atoms with Gasteiger partial charge in [0, 0.05) is 19.7 Å². The van der Waals surface area contributed by atoms with Gasteiger partial charge in [0.1, 0.15) is 0 Å². The van der Waals surface area contributed by atoms with Crippen LogP contribution in [-0.4, -0.2) is 48.7 Å². The first-order valence-corrected chi connectivity index (χ1v) is 7.42. The Bertz CT molecular complexity index is 408. The SMILES string of the molecule is O=C(CN1CCCC(CO)C1)NCCc1ccccc1. The van der Waals surface area contributed by atoms with Crippen LogP contribution in [0, 0.1) is 5.92 Å². The van der Waals surface area contributed by atoms with E-state index in [2.05, 4.69) is 22.3 Å². The predicted molar refractivity (Wildman–Crippen MR) is 79.4 cm³/mol. The molecule has 1 atom stereocenters. The summed E-state index contributed by atoms with van der Waals surface area (Å²) in [5.74, 6) is 0.417. The number of rotatable bonds is 6. The molecule has 2 N–H and O–H groups in total. The molecule has 2 rings (SSSR count). The Hall–Kier alpha value is -1.39. The molecular formula is C16H24N2O2. The molecule has 1 fully saturated rings. The van der Waals surface area contributed by atoms with Crippen LogP contribution in [0.3, 0.4) is 0 Å². The van der Waals surface area contributed by atoms with Crippen LogP contribution in [0.1, 0.15) is 18.4 Å². The van der Waals surface area contributed by atoms with E-state index in [1.165, 1.54) is 5.56 Å². The normalized spacial score (nSPS) is 19.8. The van der Waals surface area contributed by atoms with E-state index in [-0.39, 0.29) is 12.5 Å². The zero-order valence-corrected chi connectivity index (χ0v) is 11.9. The number of carbonyl (C=O) groups is 1. The summed E-state index contributed by atoms with van der Waals surface area (Å²) in [6.45, 7) is 3.16. The van der Waals surface area contributed by atoms with Gasteiger partial charge in [0.25, 0.3) is 0 Å². The van der Waals surface area contributed by atoms with E-state index in [1.807, 2.05) is 18.2 Å². The highest BCUT2D eigenvalue weighted by molar-refractivity contribution is 5.78. The van der Waals surface area contributed by atoms with Crippen molar-refractivity contribution in [3.8, 4) is 0 Å².